The van der Waals surface area contributed by atoms with Crippen molar-refractivity contribution in [1.29, 1.82) is 0 Å². The molecule has 0 N–H and O–H groups in total. The van der Waals surface area contributed by atoms with Crippen LogP contribution in [0.3, 0.4) is 0 Å². The van der Waals surface area contributed by atoms with Gasteiger partial charge in [-0.25, -0.2) is 15.0 Å². The smallest absolute Gasteiger partial charge is 0.164 e. The molecule has 0 saturated carbocycles. The number of hydrogen-bond acceptors (Lipinski definition) is 3. The summed E-state index contributed by atoms with van der Waals surface area (Å²) in [4.78, 5) is 15.6. The maximum Gasteiger partial charge on any atom is 0.164 e. The molecular weight excluding hydrogens is 703 g/mol. The highest BCUT2D eigenvalue weighted by molar-refractivity contribution is 6.13. The van der Waals surface area contributed by atoms with E-state index in [1.807, 2.05) is 6.07 Å². The van der Waals surface area contributed by atoms with Gasteiger partial charge in [0.15, 0.2) is 17.5 Å². The maximum atomic E-state index is 5.24. The second-order valence-electron chi connectivity index (χ2n) is 14.8. The quantitative estimate of drug-likeness (QED) is 0.160. The van der Waals surface area contributed by atoms with E-state index in [1.54, 1.807) is 0 Å². The molecule has 1 aromatic heterocycles. The van der Waals surface area contributed by atoms with E-state index in [0.29, 0.717) is 17.5 Å². The minimum Gasteiger partial charge on any atom is -0.208 e. The van der Waals surface area contributed by atoms with Crippen molar-refractivity contribution in [2.75, 3.05) is 0 Å². The summed E-state index contributed by atoms with van der Waals surface area (Å²) in [7, 11) is 0. The number of rotatable bonds is 6. The molecule has 0 amide bonds. The van der Waals surface area contributed by atoms with Gasteiger partial charge >= 0.3 is 0 Å². The fourth-order valence-corrected chi connectivity index (χ4v) is 8.34. The summed E-state index contributed by atoms with van der Waals surface area (Å²) in [6.45, 7) is 0. The number of benzene rings is 10. The maximum absolute atomic E-state index is 5.24. The second kappa shape index (κ2) is 14.1. The van der Waals surface area contributed by atoms with Crippen LogP contribution >= 0.6 is 0 Å². The highest BCUT2D eigenvalue weighted by Gasteiger charge is 2.17. The Labute approximate surface area is 336 Å². The fourth-order valence-electron chi connectivity index (χ4n) is 8.34. The van der Waals surface area contributed by atoms with Crippen molar-refractivity contribution in [3.63, 3.8) is 0 Å². The average Bonchev–Trinajstić information content (AvgIpc) is 3.31. The lowest BCUT2D eigenvalue weighted by Gasteiger charge is -2.13. The molecule has 0 atom stereocenters. The summed E-state index contributed by atoms with van der Waals surface area (Å²) < 4.78 is 0. The summed E-state index contributed by atoms with van der Waals surface area (Å²) in [6, 6.07) is 75.4. The second-order valence-corrected chi connectivity index (χ2v) is 14.8. The SMILES string of the molecule is c1ccc(-c2ccc(-c3nc(-c4cccc(-c5ccc6cc(-c7cccc8ccccc78)ccc6c5)c4)nc(-c4cc5ccccc5c5ccccc45)n3)cc2)cc1. The molecule has 3 nitrogen and oxygen atoms in total. The number of nitrogens with zero attached hydrogens (tertiary/aromatic N) is 3. The van der Waals surface area contributed by atoms with Gasteiger partial charge in [0.1, 0.15) is 0 Å². The van der Waals surface area contributed by atoms with Crippen molar-refractivity contribution in [3.8, 4) is 67.5 Å². The van der Waals surface area contributed by atoms with Gasteiger partial charge in [-0.2, -0.15) is 0 Å². The molecule has 0 aliphatic rings. The van der Waals surface area contributed by atoms with Crippen LogP contribution in [0.5, 0.6) is 0 Å². The van der Waals surface area contributed by atoms with E-state index < -0.39 is 0 Å². The van der Waals surface area contributed by atoms with E-state index in [-0.39, 0.29) is 0 Å². The van der Waals surface area contributed by atoms with Gasteiger partial charge in [-0.1, -0.05) is 188 Å². The van der Waals surface area contributed by atoms with Crippen LogP contribution in [0.15, 0.2) is 212 Å². The largest absolute Gasteiger partial charge is 0.208 e. The molecule has 0 unspecified atom stereocenters. The molecule has 0 saturated heterocycles. The van der Waals surface area contributed by atoms with Gasteiger partial charge in [0.25, 0.3) is 0 Å². The summed E-state index contributed by atoms with van der Waals surface area (Å²) >= 11 is 0. The van der Waals surface area contributed by atoms with E-state index in [1.165, 1.54) is 49.0 Å². The zero-order valence-corrected chi connectivity index (χ0v) is 31.5. The van der Waals surface area contributed by atoms with Gasteiger partial charge in [0.2, 0.25) is 0 Å². The zero-order chi connectivity index (χ0) is 38.4. The first-order chi connectivity index (χ1) is 28.7. The Balaban J connectivity index is 1.02. The molecule has 1 heterocycles. The predicted molar refractivity (Wildman–Crippen MR) is 242 cm³/mol. The summed E-state index contributed by atoms with van der Waals surface area (Å²) in [5, 5.41) is 9.55. The highest BCUT2D eigenvalue weighted by atomic mass is 15.0. The van der Waals surface area contributed by atoms with E-state index in [9.17, 15) is 0 Å². The molecule has 11 aromatic rings. The lowest BCUT2D eigenvalue weighted by molar-refractivity contribution is 1.08. The van der Waals surface area contributed by atoms with E-state index in [0.717, 1.165) is 44.2 Å². The van der Waals surface area contributed by atoms with Crippen molar-refractivity contribution in [2.24, 2.45) is 0 Å². The normalized spacial score (nSPS) is 11.4. The Kier molecular flexibility index (Phi) is 8.15. The van der Waals surface area contributed by atoms with E-state index >= 15 is 0 Å². The van der Waals surface area contributed by atoms with Crippen LogP contribution in [-0.4, -0.2) is 15.0 Å². The minimum atomic E-state index is 0.631. The van der Waals surface area contributed by atoms with Crippen LogP contribution < -0.4 is 0 Å². The van der Waals surface area contributed by atoms with Crippen molar-refractivity contribution in [3.05, 3.63) is 212 Å². The molecule has 0 spiro atoms. The molecular formula is C55H35N3. The van der Waals surface area contributed by atoms with Gasteiger partial charge in [0, 0.05) is 16.7 Å². The van der Waals surface area contributed by atoms with Gasteiger partial charge in [-0.05, 0) is 101 Å². The van der Waals surface area contributed by atoms with Crippen LogP contribution in [0.1, 0.15) is 0 Å². The first-order valence-corrected chi connectivity index (χ1v) is 19.7. The third-order valence-corrected chi connectivity index (χ3v) is 11.3. The topological polar surface area (TPSA) is 38.7 Å². The van der Waals surface area contributed by atoms with Gasteiger partial charge in [0.05, 0.1) is 0 Å². The molecule has 3 heteroatoms. The molecule has 0 aliphatic carbocycles. The highest BCUT2D eigenvalue weighted by Crippen LogP contribution is 2.37. The number of fused-ring (bicyclic) bond motifs is 5. The van der Waals surface area contributed by atoms with E-state index in [2.05, 4.69) is 206 Å². The zero-order valence-electron chi connectivity index (χ0n) is 31.5. The predicted octanol–water partition coefficient (Wildman–Crippen LogP) is 14.5. The fraction of sp³-hybridized carbons (Fsp3) is 0. The standard InChI is InChI=1S/C55H35N3/c1-2-12-36(13-3-1)37-24-26-39(27-25-37)53-56-54(58-55(57-53)52-35-44-15-5-7-20-49(44)50-21-8-9-22-51(50)52)46-18-10-17-40(34-46)41-28-29-43-33-45(31-30-42(43)32-41)48-23-11-16-38-14-4-6-19-47(38)48/h1-35H. The Morgan fingerprint density at radius 1 is 0.207 bits per heavy atom. The molecule has 0 bridgehead atoms. The van der Waals surface area contributed by atoms with Crippen LogP contribution in [0.2, 0.25) is 0 Å². The van der Waals surface area contributed by atoms with Crippen molar-refractivity contribution in [2.45, 2.75) is 0 Å². The third kappa shape index (κ3) is 6.07. The summed E-state index contributed by atoms with van der Waals surface area (Å²) in [5.74, 6) is 1.91. The minimum absolute atomic E-state index is 0.631. The molecule has 270 valence electrons. The summed E-state index contributed by atoms with van der Waals surface area (Å²) in [5.41, 5.74) is 9.86. The van der Waals surface area contributed by atoms with Crippen LogP contribution in [0.25, 0.3) is 111 Å². The number of hydrogen-bond donors (Lipinski definition) is 0. The molecule has 0 fully saturated rings. The van der Waals surface area contributed by atoms with Gasteiger partial charge in [-0.3, -0.25) is 0 Å². The molecule has 0 radical (unpaired) electrons. The van der Waals surface area contributed by atoms with Crippen LogP contribution in [-0.2, 0) is 0 Å². The first-order valence-electron chi connectivity index (χ1n) is 19.7. The lowest BCUT2D eigenvalue weighted by Crippen LogP contribution is -2.01. The van der Waals surface area contributed by atoms with E-state index in [4.69, 9.17) is 15.0 Å². The Hall–Kier alpha value is -7.75. The molecule has 10 aromatic carbocycles. The van der Waals surface area contributed by atoms with Gasteiger partial charge < -0.3 is 0 Å². The molecule has 58 heavy (non-hydrogen) atoms. The summed E-state index contributed by atoms with van der Waals surface area (Å²) in [6.07, 6.45) is 0. The third-order valence-electron chi connectivity index (χ3n) is 11.3. The van der Waals surface area contributed by atoms with Crippen LogP contribution in [0, 0.1) is 0 Å². The molecule has 11 rings (SSSR count). The Morgan fingerprint density at radius 3 is 1.52 bits per heavy atom. The van der Waals surface area contributed by atoms with Crippen molar-refractivity contribution < 1.29 is 0 Å². The Morgan fingerprint density at radius 2 is 0.707 bits per heavy atom. The Bertz CT molecular complexity index is 3330. The lowest BCUT2D eigenvalue weighted by atomic mass is 9.94. The van der Waals surface area contributed by atoms with Crippen molar-refractivity contribution in [1.82, 2.24) is 15.0 Å². The van der Waals surface area contributed by atoms with Gasteiger partial charge in [-0.15, -0.1) is 0 Å². The molecule has 0 aliphatic heterocycles. The number of aromatic nitrogens is 3. The average molecular weight is 738 g/mol. The van der Waals surface area contributed by atoms with Crippen LogP contribution in [0.4, 0.5) is 0 Å². The monoisotopic (exact) mass is 737 g/mol. The first kappa shape index (κ1) is 33.6. The van der Waals surface area contributed by atoms with Crippen molar-refractivity contribution >= 4 is 43.1 Å².